The second-order valence-electron chi connectivity index (χ2n) is 4.72. The Balaban J connectivity index is 2.42. The lowest BCUT2D eigenvalue weighted by Gasteiger charge is -2.30. The molecule has 1 aromatic heterocycles. The van der Waals surface area contributed by atoms with E-state index >= 15 is 0 Å². The molecular formula is C15H13BrCl2FN. The average Bonchev–Trinajstić information content (AvgIpc) is 2.46. The predicted molar refractivity (Wildman–Crippen MR) is 85.2 cm³/mol. The van der Waals surface area contributed by atoms with Crippen LogP contribution in [0.15, 0.2) is 47.2 Å². The Morgan fingerprint density at radius 1 is 1.15 bits per heavy atom. The third-order valence-corrected chi connectivity index (χ3v) is 4.72. The van der Waals surface area contributed by atoms with Crippen LogP contribution in [0.2, 0.25) is 0 Å². The molecule has 0 atom stereocenters. The highest BCUT2D eigenvalue weighted by Crippen LogP contribution is 2.33. The fourth-order valence-electron chi connectivity index (χ4n) is 2.20. The Morgan fingerprint density at radius 3 is 2.45 bits per heavy atom. The smallest absolute Gasteiger partial charge is 0.127 e. The molecule has 0 N–H and O–H groups in total. The first kappa shape index (κ1) is 15.7. The van der Waals surface area contributed by atoms with Gasteiger partial charge in [0.25, 0.3) is 0 Å². The monoisotopic (exact) mass is 375 g/mol. The van der Waals surface area contributed by atoms with Crippen LogP contribution in [0, 0.1) is 5.82 Å². The zero-order valence-corrected chi connectivity index (χ0v) is 13.7. The average molecular weight is 377 g/mol. The van der Waals surface area contributed by atoms with Crippen LogP contribution in [-0.4, -0.2) is 16.7 Å². The molecule has 0 fully saturated rings. The number of benzene rings is 1. The molecule has 0 saturated carbocycles. The molecule has 0 amide bonds. The topological polar surface area (TPSA) is 12.9 Å². The maximum atomic E-state index is 14.1. The molecule has 2 aromatic rings. The molecular weight excluding hydrogens is 364 g/mol. The zero-order chi connectivity index (χ0) is 14.6. The number of halogens is 4. The molecule has 0 bridgehead atoms. The van der Waals surface area contributed by atoms with Gasteiger partial charge in [0.1, 0.15) is 5.82 Å². The second kappa shape index (κ2) is 6.88. The van der Waals surface area contributed by atoms with E-state index in [0.29, 0.717) is 12.0 Å². The van der Waals surface area contributed by atoms with Crippen LogP contribution in [0.1, 0.15) is 11.1 Å². The van der Waals surface area contributed by atoms with Crippen molar-refractivity contribution in [1.29, 1.82) is 0 Å². The van der Waals surface area contributed by atoms with Crippen LogP contribution >= 0.6 is 39.1 Å². The van der Waals surface area contributed by atoms with Gasteiger partial charge in [-0.15, -0.1) is 23.2 Å². The molecule has 0 spiro atoms. The van der Waals surface area contributed by atoms with Crippen LogP contribution in [0.4, 0.5) is 4.39 Å². The van der Waals surface area contributed by atoms with Gasteiger partial charge >= 0.3 is 0 Å². The summed E-state index contributed by atoms with van der Waals surface area (Å²) in [4.78, 5) is 4.13. The van der Waals surface area contributed by atoms with Gasteiger partial charge < -0.3 is 0 Å². The minimum atomic E-state index is -0.642. The van der Waals surface area contributed by atoms with E-state index in [1.54, 1.807) is 30.6 Å². The van der Waals surface area contributed by atoms with Gasteiger partial charge in [-0.3, -0.25) is 4.98 Å². The molecule has 0 unspecified atom stereocenters. The molecule has 0 saturated heterocycles. The summed E-state index contributed by atoms with van der Waals surface area (Å²) in [5.41, 5.74) is 0.866. The first-order chi connectivity index (χ1) is 9.61. The third-order valence-electron chi connectivity index (χ3n) is 3.26. The van der Waals surface area contributed by atoms with Crippen molar-refractivity contribution in [3.63, 3.8) is 0 Å². The molecule has 1 aromatic carbocycles. The summed E-state index contributed by atoms with van der Waals surface area (Å²) in [5.74, 6) is 0.199. The number of nitrogens with zero attached hydrogens (tertiary/aromatic N) is 1. The van der Waals surface area contributed by atoms with E-state index in [9.17, 15) is 4.39 Å². The van der Waals surface area contributed by atoms with Crippen molar-refractivity contribution >= 4 is 39.1 Å². The van der Waals surface area contributed by atoms with Crippen molar-refractivity contribution in [2.24, 2.45) is 0 Å². The van der Waals surface area contributed by atoms with Gasteiger partial charge in [0.15, 0.2) is 0 Å². The molecule has 1 heterocycles. The van der Waals surface area contributed by atoms with Gasteiger partial charge in [-0.05, 0) is 45.6 Å². The highest BCUT2D eigenvalue weighted by Gasteiger charge is 2.33. The number of hydrogen-bond acceptors (Lipinski definition) is 1. The van der Waals surface area contributed by atoms with Gasteiger partial charge in [0, 0.05) is 34.0 Å². The summed E-state index contributed by atoms with van der Waals surface area (Å²) in [6.45, 7) is 0. The Labute approximate surface area is 136 Å². The number of alkyl halides is 2. The highest BCUT2D eigenvalue weighted by atomic mass is 79.9. The van der Waals surface area contributed by atoms with E-state index in [2.05, 4.69) is 20.9 Å². The zero-order valence-electron chi connectivity index (χ0n) is 10.6. The minimum Gasteiger partial charge on any atom is -0.263 e. The van der Waals surface area contributed by atoms with Crippen molar-refractivity contribution in [3.05, 3.63) is 64.1 Å². The summed E-state index contributed by atoms with van der Waals surface area (Å²) < 4.78 is 15.0. The largest absolute Gasteiger partial charge is 0.263 e. The maximum absolute atomic E-state index is 14.1. The van der Waals surface area contributed by atoms with Crippen molar-refractivity contribution in [1.82, 2.24) is 4.98 Å². The lowest BCUT2D eigenvalue weighted by Crippen LogP contribution is -2.34. The Kier molecular flexibility index (Phi) is 5.42. The Bertz CT molecular complexity index is 588. The van der Waals surface area contributed by atoms with Crippen molar-refractivity contribution in [3.8, 4) is 0 Å². The van der Waals surface area contributed by atoms with Crippen LogP contribution in [0.5, 0.6) is 0 Å². The highest BCUT2D eigenvalue weighted by molar-refractivity contribution is 9.10. The van der Waals surface area contributed by atoms with Gasteiger partial charge in [0.05, 0.1) is 0 Å². The Morgan fingerprint density at radius 2 is 1.85 bits per heavy atom. The number of pyridine rings is 1. The molecule has 2 rings (SSSR count). The summed E-state index contributed by atoms with van der Waals surface area (Å²) in [6.07, 6.45) is 3.99. The normalized spacial score (nSPS) is 11.6. The van der Waals surface area contributed by atoms with E-state index in [1.165, 1.54) is 6.07 Å². The van der Waals surface area contributed by atoms with Gasteiger partial charge in [-0.25, -0.2) is 4.39 Å². The van der Waals surface area contributed by atoms with E-state index in [0.717, 1.165) is 10.0 Å². The quantitative estimate of drug-likeness (QED) is 0.673. The lowest BCUT2D eigenvalue weighted by molar-refractivity contribution is 0.490. The molecule has 20 heavy (non-hydrogen) atoms. The van der Waals surface area contributed by atoms with E-state index < -0.39 is 5.41 Å². The molecule has 0 aliphatic carbocycles. The fourth-order valence-corrected chi connectivity index (χ4v) is 3.38. The van der Waals surface area contributed by atoms with Crippen molar-refractivity contribution in [2.45, 2.75) is 11.8 Å². The SMILES string of the molecule is Fc1ccccc1C(CCl)(CCl)Cc1cncc(Br)c1. The van der Waals surface area contributed by atoms with Crippen molar-refractivity contribution in [2.75, 3.05) is 11.8 Å². The van der Waals surface area contributed by atoms with Crippen LogP contribution in [-0.2, 0) is 11.8 Å². The standard InChI is InChI=1S/C15H13BrCl2FN/c16-12-5-11(7-20-8-12)6-15(9-17,10-18)13-3-1-2-4-14(13)19/h1-5,7-8H,6,9-10H2. The van der Waals surface area contributed by atoms with Crippen LogP contribution < -0.4 is 0 Å². The lowest BCUT2D eigenvalue weighted by atomic mass is 9.78. The van der Waals surface area contributed by atoms with E-state index in [-0.39, 0.29) is 17.6 Å². The summed E-state index contributed by atoms with van der Waals surface area (Å²) >= 11 is 15.7. The molecule has 0 aliphatic rings. The van der Waals surface area contributed by atoms with Crippen LogP contribution in [0.25, 0.3) is 0 Å². The second-order valence-corrected chi connectivity index (χ2v) is 6.17. The predicted octanol–water partition coefficient (Wildman–Crippen LogP) is 4.94. The van der Waals surface area contributed by atoms with E-state index in [1.807, 2.05) is 6.07 Å². The Hall–Kier alpha value is -0.640. The maximum Gasteiger partial charge on any atom is 0.127 e. The molecule has 0 aliphatic heterocycles. The number of aromatic nitrogens is 1. The summed E-state index contributed by atoms with van der Waals surface area (Å²) in [6, 6.07) is 8.58. The first-order valence-electron chi connectivity index (χ1n) is 6.08. The number of rotatable bonds is 5. The molecule has 106 valence electrons. The van der Waals surface area contributed by atoms with Crippen LogP contribution in [0.3, 0.4) is 0 Å². The first-order valence-corrected chi connectivity index (χ1v) is 7.94. The summed E-state index contributed by atoms with van der Waals surface area (Å²) in [7, 11) is 0. The van der Waals surface area contributed by atoms with Gasteiger partial charge in [0.2, 0.25) is 0 Å². The third kappa shape index (κ3) is 3.33. The van der Waals surface area contributed by atoms with Gasteiger partial charge in [-0.2, -0.15) is 0 Å². The minimum absolute atomic E-state index is 0.240. The number of hydrogen-bond donors (Lipinski definition) is 0. The molecule has 1 nitrogen and oxygen atoms in total. The summed E-state index contributed by atoms with van der Waals surface area (Å²) in [5, 5.41) is 0. The van der Waals surface area contributed by atoms with Crippen molar-refractivity contribution < 1.29 is 4.39 Å². The molecule has 0 radical (unpaired) electrons. The van der Waals surface area contributed by atoms with Gasteiger partial charge in [-0.1, -0.05) is 18.2 Å². The van der Waals surface area contributed by atoms with E-state index in [4.69, 9.17) is 23.2 Å². The fraction of sp³-hybridized carbons (Fsp3) is 0.267. The molecule has 5 heteroatoms.